The van der Waals surface area contributed by atoms with Crippen molar-refractivity contribution in [2.45, 2.75) is 33.7 Å². The lowest BCUT2D eigenvalue weighted by Gasteiger charge is -2.17. The number of carbonyl (C=O) groups excluding carboxylic acids is 1. The van der Waals surface area contributed by atoms with Crippen LogP contribution in [0.1, 0.15) is 27.7 Å². The van der Waals surface area contributed by atoms with Crippen LogP contribution in [0, 0.1) is 11.8 Å². The predicted octanol–water partition coefficient (Wildman–Crippen LogP) is 0.868. The third-order valence-corrected chi connectivity index (χ3v) is 1.65. The molecule has 0 aromatic heterocycles. The van der Waals surface area contributed by atoms with E-state index in [1.807, 2.05) is 0 Å². The van der Waals surface area contributed by atoms with Crippen molar-refractivity contribution in [3.05, 3.63) is 0 Å². The minimum atomic E-state index is -1.06. The zero-order valence-corrected chi connectivity index (χ0v) is 8.50. The van der Waals surface area contributed by atoms with E-state index in [0.29, 0.717) is 0 Å². The zero-order valence-electron chi connectivity index (χ0n) is 8.50. The first-order chi connectivity index (χ1) is 5.86. The van der Waals surface area contributed by atoms with Crippen LogP contribution < -0.4 is 5.32 Å². The highest BCUT2D eigenvalue weighted by molar-refractivity contribution is 5.97. The van der Waals surface area contributed by atoms with Crippen LogP contribution in [0.5, 0.6) is 0 Å². The van der Waals surface area contributed by atoms with Crippen LogP contribution in [0.3, 0.4) is 0 Å². The highest BCUT2D eigenvalue weighted by Crippen LogP contribution is 2.11. The normalized spacial score (nSPS) is 13.1. The van der Waals surface area contributed by atoms with Gasteiger partial charge < -0.3 is 10.4 Å². The van der Waals surface area contributed by atoms with E-state index >= 15 is 0 Å². The quantitative estimate of drug-likeness (QED) is 0.642. The molecule has 1 unspecified atom stereocenters. The van der Waals surface area contributed by atoms with Crippen molar-refractivity contribution >= 4 is 11.9 Å². The molecule has 0 fully saturated rings. The van der Waals surface area contributed by atoms with E-state index in [4.69, 9.17) is 5.11 Å². The van der Waals surface area contributed by atoms with E-state index in [1.54, 1.807) is 27.7 Å². The smallest absolute Gasteiger partial charge is 0.316 e. The lowest BCUT2D eigenvalue weighted by molar-refractivity contribution is -0.149. The summed E-state index contributed by atoms with van der Waals surface area (Å²) in [6.45, 7) is 7.05. The van der Waals surface area contributed by atoms with E-state index < -0.39 is 17.8 Å². The van der Waals surface area contributed by atoms with Crippen molar-refractivity contribution < 1.29 is 14.7 Å². The molecule has 0 radical (unpaired) electrons. The van der Waals surface area contributed by atoms with Gasteiger partial charge in [0.2, 0.25) is 5.91 Å². The van der Waals surface area contributed by atoms with Gasteiger partial charge in [0.25, 0.3) is 0 Å². The topological polar surface area (TPSA) is 66.4 Å². The van der Waals surface area contributed by atoms with Crippen LogP contribution in [-0.4, -0.2) is 23.0 Å². The molecule has 13 heavy (non-hydrogen) atoms. The number of aliphatic carboxylic acids is 1. The first kappa shape index (κ1) is 11.9. The second kappa shape index (κ2) is 4.84. The first-order valence-electron chi connectivity index (χ1n) is 4.39. The van der Waals surface area contributed by atoms with Gasteiger partial charge in [0.15, 0.2) is 0 Å². The summed E-state index contributed by atoms with van der Waals surface area (Å²) in [7, 11) is 0. The number of carboxylic acids is 1. The Morgan fingerprint density at radius 1 is 1.15 bits per heavy atom. The van der Waals surface area contributed by atoms with E-state index in [-0.39, 0.29) is 12.0 Å². The minimum absolute atomic E-state index is 0.0203. The van der Waals surface area contributed by atoms with Gasteiger partial charge in [-0.25, -0.2) is 0 Å². The molecule has 0 bridgehead atoms. The summed E-state index contributed by atoms with van der Waals surface area (Å²) in [5, 5.41) is 11.4. The molecule has 0 aliphatic rings. The van der Waals surface area contributed by atoms with Crippen LogP contribution in [0.25, 0.3) is 0 Å². The molecule has 4 nitrogen and oxygen atoms in total. The molecule has 4 heteroatoms. The maximum Gasteiger partial charge on any atom is 0.316 e. The van der Waals surface area contributed by atoms with Crippen LogP contribution in [0.15, 0.2) is 0 Å². The summed E-state index contributed by atoms with van der Waals surface area (Å²) >= 11 is 0. The van der Waals surface area contributed by atoms with Crippen molar-refractivity contribution in [1.29, 1.82) is 0 Å². The van der Waals surface area contributed by atoms with Crippen molar-refractivity contribution in [2.75, 3.05) is 0 Å². The minimum Gasteiger partial charge on any atom is -0.481 e. The SMILES string of the molecule is CC(C)NC(=O)C(C(=O)O)C(C)C. The average Bonchev–Trinajstić information content (AvgIpc) is 1.81. The van der Waals surface area contributed by atoms with Gasteiger partial charge in [0.1, 0.15) is 5.92 Å². The van der Waals surface area contributed by atoms with Crippen LogP contribution in [-0.2, 0) is 9.59 Å². The Morgan fingerprint density at radius 3 is 1.85 bits per heavy atom. The highest BCUT2D eigenvalue weighted by atomic mass is 16.4. The number of carboxylic acid groups (broad SMARTS) is 1. The van der Waals surface area contributed by atoms with Crippen molar-refractivity contribution in [2.24, 2.45) is 11.8 Å². The number of nitrogens with one attached hydrogen (secondary N) is 1. The van der Waals surface area contributed by atoms with Crippen LogP contribution >= 0.6 is 0 Å². The molecule has 0 spiro atoms. The Morgan fingerprint density at radius 2 is 1.62 bits per heavy atom. The zero-order chi connectivity index (χ0) is 10.6. The third kappa shape index (κ3) is 3.92. The fourth-order valence-electron chi connectivity index (χ4n) is 1.07. The van der Waals surface area contributed by atoms with Crippen molar-refractivity contribution in [3.63, 3.8) is 0 Å². The molecular weight excluding hydrogens is 170 g/mol. The monoisotopic (exact) mass is 187 g/mol. The van der Waals surface area contributed by atoms with Crippen molar-refractivity contribution in [1.82, 2.24) is 5.32 Å². The summed E-state index contributed by atoms with van der Waals surface area (Å²) in [5.41, 5.74) is 0. The molecule has 1 amide bonds. The third-order valence-electron chi connectivity index (χ3n) is 1.65. The Labute approximate surface area is 78.3 Å². The van der Waals surface area contributed by atoms with Gasteiger partial charge in [0.05, 0.1) is 0 Å². The second-order valence-corrected chi connectivity index (χ2v) is 3.72. The summed E-state index contributed by atoms with van der Waals surface area (Å²) in [4.78, 5) is 22.0. The number of rotatable bonds is 4. The van der Waals surface area contributed by atoms with Gasteiger partial charge in [0, 0.05) is 6.04 Å². The Hall–Kier alpha value is -1.06. The molecule has 0 heterocycles. The fraction of sp³-hybridized carbons (Fsp3) is 0.778. The van der Waals surface area contributed by atoms with E-state index in [1.165, 1.54) is 0 Å². The Kier molecular flexibility index (Phi) is 4.45. The fourth-order valence-corrected chi connectivity index (χ4v) is 1.07. The Bertz CT molecular complexity index is 199. The number of carbonyl (C=O) groups is 2. The maximum absolute atomic E-state index is 11.3. The van der Waals surface area contributed by atoms with Crippen molar-refractivity contribution in [3.8, 4) is 0 Å². The largest absolute Gasteiger partial charge is 0.481 e. The average molecular weight is 187 g/mol. The standard InChI is InChI=1S/C9H17NO3/c1-5(2)7(9(12)13)8(11)10-6(3)4/h5-7H,1-4H3,(H,10,11)(H,12,13). The molecule has 0 saturated heterocycles. The molecule has 2 N–H and O–H groups in total. The molecule has 1 atom stereocenters. The van der Waals surface area contributed by atoms with Crippen LogP contribution in [0.4, 0.5) is 0 Å². The van der Waals surface area contributed by atoms with Gasteiger partial charge in [-0.3, -0.25) is 9.59 Å². The number of amides is 1. The van der Waals surface area contributed by atoms with E-state index in [0.717, 1.165) is 0 Å². The van der Waals surface area contributed by atoms with E-state index in [2.05, 4.69) is 5.32 Å². The molecule has 0 aromatic carbocycles. The number of hydrogen-bond donors (Lipinski definition) is 2. The lowest BCUT2D eigenvalue weighted by Crippen LogP contribution is -2.41. The lowest BCUT2D eigenvalue weighted by atomic mass is 9.95. The van der Waals surface area contributed by atoms with Crippen LogP contribution in [0.2, 0.25) is 0 Å². The molecule has 0 aliphatic carbocycles. The second-order valence-electron chi connectivity index (χ2n) is 3.72. The van der Waals surface area contributed by atoms with E-state index in [9.17, 15) is 9.59 Å². The highest BCUT2D eigenvalue weighted by Gasteiger charge is 2.29. The molecular formula is C9H17NO3. The van der Waals surface area contributed by atoms with Gasteiger partial charge in [-0.15, -0.1) is 0 Å². The Balaban J connectivity index is 4.38. The maximum atomic E-state index is 11.3. The number of hydrogen-bond acceptors (Lipinski definition) is 2. The van der Waals surface area contributed by atoms with Gasteiger partial charge in [-0.2, -0.15) is 0 Å². The molecule has 0 aliphatic heterocycles. The van der Waals surface area contributed by atoms with Gasteiger partial charge in [-0.1, -0.05) is 13.8 Å². The van der Waals surface area contributed by atoms with Gasteiger partial charge in [-0.05, 0) is 19.8 Å². The summed E-state index contributed by atoms with van der Waals surface area (Å²) in [6.07, 6.45) is 0. The predicted molar refractivity (Wildman–Crippen MR) is 49.2 cm³/mol. The molecule has 0 rings (SSSR count). The molecule has 76 valence electrons. The summed E-state index contributed by atoms with van der Waals surface area (Å²) < 4.78 is 0. The summed E-state index contributed by atoms with van der Waals surface area (Å²) in [5.74, 6) is -2.59. The molecule has 0 saturated carbocycles. The van der Waals surface area contributed by atoms with Gasteiger partial charge >= 0.3 is 5.97 Å². The summed E-state index contributed by atoms with van der Waals surface area (Å²) in [6, 6.07) is -0.0203. The molecule has 0 aromatic rings. The first-order valence-corrected chi connectivity index (χ1v) is 4.39.